The van der Waals surface area contributed by atoms with E-state index >= 15 is 0 Å². The van der Waals surface area contributed by atoms with Crippen LogP contribution >= 0.6 is 0 Å². The van der Waals surface area contributed by atoms with Crippen molar-refractivity contribution in [1.29, 1.82) is 0 Å². The molecular formula is C13H16F2N4. The summed E-state index contributed by atoms with van der Waals surface area (Å²) in [7, 11) is 0. The molecule has 0 bridgehead atoms. The van der Waals surface area contributed by atoms with Crippen LogP contribution in [-0.2, 0) is 6.42 Å². The van der Waals surface area contributed by atoms with Gasteiger partial charge in [-0.15, -0.1) is 0 Å². The summed E-state index contributed by atoms with van der Waals surface area (Å²) in [5.74, 6) is -0.781. The summed E-state index contributed by atoms with van der Waals surface area (Å²) in [4.78, 5) is 4.03. The molecule has 0 aliphatic rings. The number of aromatic nitrogens is 3. The van der Waals surface area contributed by atoms with Crippen LogP contribution in [0.5, 0.6) is 0 Å². The first kappa shape index (κ1) is 13.6. The molecule has 2 N–H and O–H groups in total. The maximum atomic E-state index is 13.1. The van der Waals surface area contributed by atoms with Gasteiger partial charge in [0.2, 0.25) is 0 Å². The Morgan fingerprint density at radius 3 is 2.84 bits per heavy atom. The van der Waals surface area contributed by atoms with Gasteiger partial charge in [0.1, 0.15) is 12.2 Å². The molecule has 1 atom stereocenters. The molecule has 0 aliphatic carbocycles. The number of hydrogen-bond donors (Lipinski definition) is 2. The van der Waals surface area contributed by atoms with Crippen LogP contribution in [0.1, 0.15) is 30.8 Å². The van der Waals surface area contributed by atoms with Gasteiger partial charge < -0.3 is 5.32 Å². The van der Waals surface area contributed by atoms with Crippen LogP contribution in [0.4, 0.5) is 8.78 Å². The molecule has 0 aliphatic heterocycles. The number of H-pyrrole nitrogens is 1. The van der Waals surface area contributed by atoms with Crippen molar-refractivity contribution < 1.29 is 8.78 Å². The molecular weight excluding hydrogens is 250 g/mol. The van der Waals surface area contributed by atoms with Crippen molar-refractivity contribution in [2.45, 2.75) is 25.8 Å². The van der Waals surface area contributed by atoms with Crippen LogP contribution < -0.4 is 5.32 Å². The van der Waals surface area contributed by atoms with E-state index in [-0.39, 0.29) is 6.04 Å². The predicted octanol–water partition coefficient (Wildman–Crippen LogP) is 2.37. The largest absolute Gasteiger partial charge is 0.310 e. The number of nitrogens with one attached hydrogen (secondary N) is 2. The highest BCUT2D eigenvalue weighted by Gasteiger charge is 2.08. The summed E-state index contributed by atoms with van der Waals surface area (Å²) in [6.07, 6.45) is 3.17. The van der Waals surface area contributed by atoms with E-state index in [9.17, 15) is 8.78 Å². The highest BCUT2D eigenvalue weighted by Crippen LogP contribution is 2.15. The number of aromatic amines is 1. The Bertz CT molecular complexity index is 513. The number of benzene rings is 1. The van der Waals surface area contributed by atoms with E-state index in [1.807, 2.05) is 6.92 Å². The van der Waals surface area contributed by atoms with Gasteiger partial charge in [-0.05, 0) is 37.6 Å². The van der Waals surface area contributed by atoms with Crippen molar-refractivity contribution in [1.82, 2.24) is 20.5 Å². The van der Waals surface area contributed by atoms with Gasteiger partial charge in [-0.2, -0.15) is 5.10 Å². The number of halogens is 2. The average Bonchev–Trinajstić information content (AvgIpc) is 2.91. The average molecular weight is 266 g/mol. The molecule has 1 heterocycles. The number of aryl methyl sites for hydroxylation is 1. The third-order valence-electron chi connectivity index (χ3n) is 2.95. The molecule has 0 spiro atoms. The van der Waals surface area contributed by atoms with E-state index in [0.29, 0.717) is 0 Å². The molecule has 0 saturated heterocycles. The van der Waals surface area contributed by atoms with Crippen molar-refractivity contribution in [2.24, 2.45) is 0 Å². The van der Waals surface area contributed by atoms with Crippen LogP contribution in [0, 0.1) is 11.6 Å². The maximum Gasteiger partial charge on any atom is 0.159 e. The highest BCUT2D eigenvalue weighted by atomic mass is 19.2. The zero-order chi connectivity index (χ0) is 13.7. The molecule has 0 radical (unpaired) electrons. The second-order valence-corrected chi connectivity index (χ2v) is 4.39. The number of nitrogens with zero attached hydrogens (tertiary/aromatic N) is 2. The lowest BCUT2D eigenvalue weighted by Gasteiger charge is -2.14. The molecule has 0 saturated carbocycles. The molecule has 1 aromatic carbocycles. The molecule has 2 rings (SSSR count). The van der Waals surface area contributed by atoms with Gasteiger partial charge in [0.05, 0.1) is 0 Å². The van der Waals surface area contributed by atoms with Crippen LogP contribution in [-0.4, -0.2) is 21.7 Å². The second kappa shape index (κ2) is 6.38. The van der Waals surface area contributed by atoms with Gasteiger partial charge in [0, 0.05) is 12.5 Å². The Morgan fingerprint density at radius 1 is 1.32 bits per heavy atom. The smallest absolute Gasteiger partial charge is 0.159 e. The standard InChI is InChI=1S/C13H16F2N4/c1-9(10-4-5-11(14)12(15)7-10)16-6-2-3-13-17-8-18-19-13/h4-5,7-9,16H,2-3,6H2,1H3,(H,17,18,19). The third kappa shape index (κ3) is 3.82. The van der Waals surface area contributed by atoms with Crippen molar-refractivity contribution in [2.75, 3.05) is 6.54 Å². The molecule has 6 heteroatoms. The van der Waals surface area contributed by atoms with Crippen LogP contribution in [0.3, 0.4) is 0 Å². The summed E-state index contributed by atoms with van der Waals surface area (Å²) in [6.45, 7) is 2.68. The zero-order valence-corrected chi connectivity index (χ0v) is 10.7. The van der Waals surface area contributed by atoms with Crippen molar-refractivity contribution in [3.8, 4) is 0 Å². The quantitative estimate of drug-likeness (QED) is 0.789. The van der Waals surface area contributed by atoms with Gasteiger partial charge >= 0.3 is 0 Å². The van der Waals surface area contributed by atoms with Crippen molar-refractivity contribution in [3.05, 3.63) is 47.5 Å². The molecule has 0 fully saturated rings. The molecule has 2 aromatic rings. The molecule has 1 aromatic heterocycles. The lowest BCUT2D eigenvalue weighted by Crippen LogP contribution is -2.20. The Balaban J connectivity index is 1.77. The number of hydrogen-bond acceptors (Lipinski definition) is 3. The molecule has 4 nitrogen and oxygen atoms in total. The molecule has 1 unspecified atom stereocenters. The minimum absolute atomic E-state index is 0.0233. The second-order valence-electron chi connectivity index (χ2n) is 4.39. The Labute approximate surface area is 110 Å². The summed E-state index contributed by atoms with van der Waals surface area (Å²) in [5, 5.41) is 9.82. The number of rotatable bonds is 6. The third-order valence-corrected chi connectivity index (χ3v) is 2.95. The molecule has 102 valence electrons. The van der Waals surface area contributed by atoms with Crippen molar-refractivity contribution in [3.63, 3.8) is 0 Å². The minimum atomic E-state index is -0.818. The van der Waals surface area contributed by atoms with E-state index in [4.69, 9.17) is 0 Å². The first-order chi connectivity index (χ1) is 9.16. The Kier molecular flexibility index (Phi) is 4.57. The van der Waals surface area contributed by atoms with E-state index in [1.54, 1.807) is 6.07 Å². The fourth-order valence-corrected chi connectivity index (χ4v) is 1.83. The summed E-state index contributed by atoms with van der Waals surface area (Å²) in [5.41, 5.74) is 0.735. The monoisotopic (exact) mass is 266 g/mol. The van der Waals surface area contributed by atoms with Gasteiger partial charge in [-0.1, -0.05) is 6.07 Å². The fourth-order valence-electron chi connectivity index (χ4n) is 1.83. The van der Waals surface area contributed by atoms with Gasteiger partial charge in [0.25, 0.3) is 0 Å². The van der Waals surface area contributed by atoms with Gasteiger partial charge in [-0.25, -0.2) is 13.8 Å². The molecule has 19 heavy (non-hydrogen) atoms. The predicted molar refractivity (Wildman–Crippen MR) is 67.5 cm³/mol. The highest BCUT2D eigenvalue weighted by molar-refractivity contribution is 5.20. The first-order valence-corrected chi connectivity index (χ1v) is 6.19. The van der Waals surface area contributed by atoms with E-state index in [1.165, 1.54) is 12.4 Å². The normalized spacial score (nSPS) is 12.6. The van der Waals surface area contributed by atoms with Crippen LogP contribution in [0.25, 0.3) is 0 Å². The minimum Gasteiger partial charge on any atom is -0.310 e. The lowest BCUT2D eigenvalue weighted by molar-refractivity contribution is 0.499. The van der Waals surface area contributed by atoms with E-state index in [0.717, 1.165) is 36.8 Å². The topological polar surface area (TPSA) is 53.6 Å². The van der Waals surface area contributed by atoms with E-state index in [2.05, 4.69) is 20.5 Å². The van der Waals surface area contributed by atoms with Gasteiger partial charge in [-0.3, -0.25) is 5.10 Å². The summed E-state index contributed by atoms with van der Waals surface area (Å²) < 4.78 is 25.9. The first-order valence-electron chi connectivity index (χ1n) is 6.19. The lowest BCUT2D eigenvalue weighted by atomic mass is 10.1. The maximum absolute atomic E-state index is 13.1. The fraction of sp³-hybridized carbons (Fsp3) is 0.385. The summed E-state index contributed by atoms with van der Waals surface area (Å²) >= 11 is 0. The zero-order valence-electron chi connectivity index (χ0n) is 10.7. The Hall–Kier alpha value is -1.82. The van der Waals surface area contributed by atoms with Crippen molar-refractivity contribution >= 4 is 0 Å². The van der Waals surface area contributed by atoms with E-state index < -0.39 is 11.6 Å². The molecule has 0 amide bonds. The van der Waals surface area contributed by atoms with Crippen LogP contribution in [0.2, 0.25) is 0 Å². The van der Waals surface area contributed by atoms with Gasteiger partial charge in [0.15, 0.2) is 11.6 Å². The SMILES string of the molecule is CC(NCCCc1ncn[nH]1)c1ccc(F)c(F)c1. The Morgan fingerprint density at radius 2 is 2.16 bits per heavy atom. The summed E-state index contributed by atoms with van der Waals surface area (Å²) in [6, 6.07) is 3.94. The van der Waals surface area contributed by atoms with Crippen LogP contribution in [0.15, 0.2) is 24.5 Å².